The molecule has 0 bridgehead atoms. The number of nitrogens with zero attached hydrogens (tertiary/aromatic N) is 2. The summed E-state index contributed by atoms with van der Waals surface area (Å²) < 4.78 is 0. The highest BCUT2D eigenvalue weighted by atomic mass is 16.3. The molecule has 164 valence electrons. The fourth-order valence-electron chi connectivity index (χ4n) is 6.38. The van der Waals surface area contributed by atoms with Crippen LogP contribution in [0.5, 0.6) is 0 Å². The van der Waals surface area contributed by atoms with Gasteiger partial charge in [-0.3, -0.25) is 9.59 Å². The molecule has 1 aliphatic heterocycles. The van der Waals surface area contributed by atoms with Gasteiger partial charge in [-0.25, -0.2) is 0 Å². The number of rotatable bonds is 6. The molecule has 1 saturated carbocycles. The van der Waals surface area contributed by atoms with E-state index < -0.39 is 11.9 Å². The lowest BCUT2D eigenvalue weighted by Gasteiger charge is -2.51. The second-order valence-corrected chi connectivity index (χ2v) is 9.36. The number of Topliss-reactive ketones (excluding diaryl/α,β-unsaturated/α-hetero) is 1. The zero-order valence-corrected chi connectivity index (χ0v) is 18.6. The Bertz CT molecular complexity index is 802. The van der Waals surface area contributed by atoms with Crippen molar-refractivity contribution >= 4 is 11.7 Å². The van der Waals surface area contributed by atoms with Crippen molar-refractivity contribution in [2.24, 2.45) is 45.9 Å². The van der Waals surface area contributed by atoms with Crippen molar-refractivity contribution in [3.63, 3.8) is 0 Å². The summed E-state index contributed by atoms with van der Waals surface area (Å²) in [4.78, 5) is 49.3. The van der Waals surface area contributed by atoms with Crippen LogP contribution >= 0.6 is 0 Å². The fourth-order valence-corrected chi connectivity index (χ4v) is 6.38. The Labute approximate surface area is 178 Å². The van der Waals surface area contributed by atoms with Gasteiger partial charge in [-0.1, -0.05) is 50.4 Å². The van der Waals surface area contributed by atoms with Crippen molar-refractivity contribution in [3.8, 4) is 0 Å². The van der Waals surface area contributed by atoms with Gasteiger partial charge in [0.15, 0.2) is 5.78 Å². The molecule has 0 spiro atoms. The molecule has 2 fully saturated rings. The van der Waals surface area contributed by atoms with Crippen molar-refractivity contribution in [3.05, 3.63) is 32.7 Å². The van der Waals surface area contributed by atoms with E-state index in [1.165, 1.54) is 5.57 Å². The molecule has 7 heteroatoms. The Morgan fingerprint density at radius 1 is 1.20 bits per heavy atom. The predicted octanol–water partition coefficient (Wildman–Crippen LogP) is 4.52. The molecule has 1 amide bonds. The molecule has 8 unspecified atom stereocenters. The van der Waals surface area contributed by atoms with Crippen LogP contribution in [-0.4, -0.2) is 23.8 Å². The second kappa shape index (κ2) is 8.90. The molecule has 1 saturated heterocycles. The smallest absolute Gasteiger partial charge is 0.257 e. The van der Waals surface area contributed by atoms with Gasteiger partial charge in [-0.2, -0.15) is 4.91 Å². The summed E-state index contributed by atoms with van der Waals surface area (Å²) >= 11 is 0. The highest BCUT2D eigenvalue weighted by Crippen LogP contribution is 2.55. The van der Waals surface area contributed by atoms with Crippen LogP contribution in [0.1, 0.15) is 60.3 Å². The molecule has 0 aromatic rings. The van der Waals surface area contributed by atoms with Crippen molar-refractivity contribution < 1.29 is 9.59 Å². The van der Waals surface area contributed by atoms with E-state index in [1.807, 2.05) is 6.92 Å². The van der Waals surface area contributed by atoms with E-state index in [2.05, 4.69) is 42.5 Å². The van der Waals surface area contributed by atoms with Crippen LogP contribution in [0.2, 0.25) is 0 Å². The molecule has 1 N–H and O–H groups in total. The topological polar surface area (TPSA) is 105 Å². The Morgan fingerprint density at radius 2 is 1.90 bits per heavy atom. The first kappa shape index (κ1) is 22.5. The summed E-state index contributed by atoms with van der Waals surface area (Å²) in [6.07, 6.45) is 5.60. The number of allylic oxidation sites excluding steroid dienone is 3. The van der Waals surface area contributed by atoms with Crippen LogP contribution < -0.4 is 5.32 Å². The third kappa shape index (κ3) is 3.56. The SMILES string of the molecule is CCCC1C(C)=CC2CC(C)C(N=O)C(CC)C2C1/C(N=O)=C1/C(=O)NC(C)C1=O. The maximum Gasteiger partial charge on any atom is 0.257 e. The van der Waals surface area contributed by atoms with E-state index in [0.29, 0.717) is 0 Å². The third-order valence-electron chi connectivity index (χ3n) is 7.64. The Kier molecular flexibility index (Phi) is 6.68. The van der Waals surface area contributed by atoms with Crippen LogP contribution in [0.25, 0.3) is 0 Å². The quantitative estimate of drug-likeness (QED) is 0.298. The average Bonchev–Trinajstić information content (AvgIpc) is 2.96. The molecule has 7 nitrogen and oxygen atoms in total. The maximum absolute atomic E-state index is 12.8. The third-order valence-corrected chi connectivity index (χ3v) is 7.64. The minimum Gasteiger partial charge on any atom is -0.342 e. The normalized spacial score (nSPS) is 40.4. The van der Waals surface area contributed by atoms with Crippen molar-refractivity contribution in [1.29, 1.82) is 0 Å². The summed E-state index contributed by atoms with van der Waals surface area (Å²) in [5, 5.41) is 9.44. The van der Waals surface area contributed by atoms with Crippen LogP contribution in [0, 0.1) is 45.3 Å². The fraction of sp³-hybridized carbons (Fsp3) is 0.739. The monoisotopic (exact) mass is 415 g/mol. The zero-order valence-electron chi connectivity index (χ0n) is 18.6. The van der Waals surface area contributed by atoms with Gasteiger partial charge in [0.1, 0.15) is 11.3 Å². The Morgan fingerprint density at radius 3 is 2.40 bits per heavy atom. The largest absolute Gasteiger partial charge is 0.342 e. The number of nitrogens with one attached hydrogen (secondary N) is 1. The van der Waals surface area contributed by atoms with E-state index in [9.17, 15) is 19.4 Å². The highest BCUT2D eigenvalue weighted by Gasteiger charge is 2.52. The lowest BCUT2D eigenvalue weighted by atomic mass is 9.53. The van der Waals surface area contributed by atoms with E-state index >= 15 is 0 Å². The van der Waals surface area contributed by atoms with Gasteiger partial charge < -0.3 is 5.32 Å². The summed E-state index contributed by atoms with van der Waals surface area (Å²) in [7, 11) is 0. The first-order valence-electron chi connectivity index (χ1n) is 11.2. The van der Waals surface area contributed by atoms with Gasteiger partial charge >= 0.3 is 0 Å². The van der Waals surface area contributed by atoms with Gasteiger partial charge in [0.05, 0.1) is 12.1 Å². The molecule has 0 aromatic carbocycles. The standard InChI is InChI=1S/C23H33N3O4/c1-6-8-16-11(3)9-14-10-12(4)20(25-29)15(7-2)17(14)18(16)21(26-30)19-22(27)13(5)24-23(19)28/h9,12-18,20H,6-8,10H2,1-5H3,(H,24,28)/b21-19-. The first-order chi connectivity index (χ1) is 14.3. The average molecular weight is 416 g/mol. The summed E-state index contributed by atoms with van der Waals surface area (Å²) in [6, 6.07) is -0.986. The Hall–Kier alpha value is -2.18. The number of carbonyl (C=O) groups excluding carboxylic acids is 2. The molecule has 0 radical (unpaired) electrons. The minimum absolute atomic E-state index is 0.0145. The molecular weight excluding hydrogens is 382 g/mol. The van der Waals surface area contributed by atoms with E-state index in [0.717, 1.165) is 25.7 Å². The Balaban J connectivity index is 2.22. The number of fused-ring (bicyclic) bond motifs is 1. The molecule has 1 heterocycles. The molecule has 30 heavy (non-hydrogen) atoms. The van der Waals surface area contributed by atoms with Gasteiger partial charge in [0.25, 0.3) is 5.91 Å². The van der Waals surface area contributed by atoms with Gasteiger partial charge in [-0.05, 0) is 61.5 Å². The second-order valence-electron chi connectivity index (χ2n) is 9.36. The number of carbonyl (C=O) groups is 2. The number of nitroso groups, excluding NO2 is 2. The summed E-state index contributed by atoms with van der Waals surface area (Å²) in [5.41, 5.74) is 1.19. The first-order valence-corrected chi connectivity index (χ1v) is 11.2. The zero-order chi connectivity index (χ0) is 22.2. The van der Waals surface area contributed by atoms with Gasteiger partial charge in [0, 0.05) is 5.92 Å². The van der Waals surface area contributed by atoms with Crippen LogP contribution in [0.4, 0.5) is 0 Å². The summed E-state index contributed by atoms with van der Waals surface area (Å²) in [6.45, 7) is 9.89. The van der Waals surface area contributed by atoms with E-state index in [1.54, 1.807) is 6.92 Å². The molecule has 8 atom stereocenters. The van der Waals surface area contributed by atoms with E-state index in [4.69, 9.17) is 0 Å². The highest BCUT2D eigenvalue weighted by molar-refractivity contribution is 6.26. The predicted molar refractivity (Wildman–Crippen MR) is 115 cm³/mol. The lowest BCUT2D eigenvalue weighted by molar-refractivity contribution is -0.117. The number of hydrogen-bond acceptors (Lipinski definition) is 6. The lowest BCUT2D eigenvalue weighted by Crippen LogP contribution is -2.48. The summed E-state index contributed by atoms with van der Waals surface area (Å²) in [5.74, 6) is -0.936. The molecule has 3 rings (SSSR count). The molecular formula is C23H33N3O4. The van der Waals surface area contributed by atoms with E-state index in [-0.39, 0.29) is 58.6 Å². The minimum atomic E-state index is -0.650. The molecule has 0 aromatic heterocycles. The van der Waals surface area contributed by atoms with Crippen LogP contribution in [0.3, 0.4) is 0 Å². The van der Waals surface area contributed by atoms with Crippen molar-refractivity contribution in [2.45, 2.75) is 72.4 Å². The number of amides is 1. The van der Waals surface area contributed by atoms with Crippen LogP contribution in [-0.2, 0) is 9.59 Å². The van der Waals surface area contributed by atoms with Crippen molar-refractivity contribution in [2.75, 3.05) is 0 Å². The molecule has 2 aliphatic carbocycles. The maximum atomic E-state index is 12.8. The number of hydrogen-bond donors (Lipinski definition) is 1. The number of ketones is 1. The van der Waals surface area contributed by atoms with Gasteiger partial charge in [0.2, 0.25) is 0 Å². The van der Waals surface area contributed by atoms with Crippen LogP contribution in [0.15, 0.2) is 33.3 Å². The molecule has 3 aliphatic rings. The van der Waals surface area contributed by atoms with Crippen molar-refractivity contribution in [1.82, 2.24) is 5.32 Å². The van der Waals surface area contributed by atoms with Gasteiger partial charge in [-0.15, -0.1) is 4.91 Å².